The monoisotopic (exact) mass is 377 g/mol. The zero-order valence-corrected chi connectivity index (χ0v) is 14.8. The van der Waals surface area contributed by atoms with Gasteiger partial charge in [0.1, 0.15) is 5.69 Å². The van der Waals surface area contributed by atoms with Gasteiger partial charge in [-0.25, -0.2) is 0 Å². The molecule has 0 atom stereocenters. The highest BCUT2D eigenvalue weighted by molar-refractivity contribution is 6.08. The summed E-state index contributed by atoms with van der Waals surface area (Å²) in [6.07, 6.45) is 0. The van der Waals surface area contributed by atoms with Gasteiger partial charge in [-0.1, -0.05) is 18.2 Å². The number of nitrogens with zero attached hydrogens (tertiary/aromatic N) is 2. The Morgan fingerprint density at radius 3 is 2.46 bits per heavy atom. The molecule has 0 radical (unpaired) electrons. The fourth-order valence-electron chi connectivity index (χ4n) is 2.81. The minimum atomic E-state index is -0.564. The van der Waals surface area contributed by atoms with Crippen LogP contribution in [0, 0.1) is 0 Å². The van der Waals surface area contributed by atoms with E-state index in [9.17, 15) is 14.4 Å². The second-order valence-corrected chi connectivity index (χ2v) is 6.07. The molecule has 140 valence electrons. The molecule has 1 aliphatic rings. The molecule has 0 fully saturated rings. The molecule has 0 bridgehead atoms. The van der Waals surface area contributed by atoms with Gasteiger partial charge in [-0.3, -0.25) is 14.4 Å². The number of hydrogen-bond donors (Lipinski definition) is 1. The molecular formula is C20H15N3O5. The van der Waals surface area contributed by atoms with Crippen LogP contribution in [-0.2, 0) is 0 Å². The summed E-state index contributed by atoms with van der Waals surface area (Å²) in [5.74, 6) is 0.0725. The van der Waals surface area contributed by atoms with Gasteiger partial charge in [-0.2, -0.15) is 9.78 Å². The highest BCUT2D eigenvalue weighted by atomic mass is 16.7. The minimum absolute atomic E-state index is 0.0237. The Hall–Kier alpha value is -3.94. The van der Waals surface area contributed by atoms with Gasteiger partial charge in [0.2, 0.25) is 6.79 Å². The van der Waals surface area contributed by atoms with Crippen molar-refractivity contribution in [3.05, 3.63) is 76.2 Å². The summed E-state index contributed by atoms with van der Waals surface area (Å²) in [5.41, 5.74) is 0.760. The minimum Gasteiger partial charge on any atom is -0.454 e. The van der Waals surface area contributed by atoms with E-state index in [1.165, 1.54) is 31.2 Å². The van der Waals surface area contributed by atoms with Crippen molar-refractivity contribution in [1.82, 2.24) is 9.78 Å². The fourth-order valence-corrected chi connectivity index (χ4v) is 2.81. The molecule has 0 spiro atoms. The number of anilines is 1. The lowest BCUT2D eigenvalue weighted by Gasteiger charge is -2.11. The van der Waals surface area contributed by atoms with Crippen molar-refractivity contribution in [3.63, 3.8) is 0 Å². The van der Waals surface area contributed by atoms with E-state index in [-0.39, 0.29) is 35.1 Å². The Bertz CT molecular complexity index is 1140. The topological polar surface area (TPSA) is 99.5 Å². The molecule has 0 aliphatic carbocycles. The summed E-state index contributed by atoms with van der Waals surface area (Å²) in [6.45, 7) is 1.44. The molecule has 2 aromatic carbocycles. The third-order valence-corrected chi connectivity index (χ3v) is 4.17. The van der Waals surface area contributed by atoms with Crippen LogP contribution >= 0.6 is 0 Å². The van der Waals surface area contributed by atoms with Crippen LogP contribution in [0.3, 0.4) is 0 Å². The average Bonchev–Trinajstić information content (AvgIpc) is 3.15. The van der Waals surface area contributed by atoms with E-state index in [1.54, 1.807) is 24.3 Å². The second-order valence-electron chi connectivity index (χ2n) is 6.07. The van der Waals surface area contributed by atoms with Gasteiger partial charge >= 0.3 is 0 Å². The van der Waals surface area contributed by atoms with Gasteiger partial charge in [0, 0.05) is 17.7 Å². The zero-order chi connectivity index (χ0) is 19.7. The number of amides is 1. The number of hydrogen-bond acceptors (Lipinski definition) is 6. The second kappa shape index (κ2) is 6.99. The number of ether oxygens (including phenoxy) is 2. The number of para-hydroxylation sites is 1. The summed E-state index contributed by atoms with van der Waals surface area (Å²) >= 11 is 0. The quantitative estimate of drug-likeness (QED) is 0.701. The van der Waals surface area contributed by atoms with E-state index in [4.69, 9.17) is 9.47 Å². The number of ketones is 1. The van der Waals surface area contributed by atoms with Gasteiger partial charge in [0.05, 0.1) is 11.4 Å². The Morgan fingerprint density at radius 1 is 1.04 bits per heavy atom. The van der Waals surface area contributed by atoms with E-state index in [0.717, 1.165) is 4.68 Å². The maximum Gasteiger partial charge on any atom is 0.276 e. The van der Waals surface area contributed by atoms with Crippen molar-refractivity contribution in [3.8, 4) is 17.2 Å². The lowest BCUT2D eigenvalue weighted by Crippen LogP contribution is -2.25. The Balaban J connectivity index is 1.68. The highest BCUT2D eigenvalue weighted by Crippen LogP contribution is 2.37. The SMILES string of the molecule is CC(=O)c1cc2c(cc1NC(=O)c1ccc(=O)n(-c3ccccc3)n1)OCO2. The number of fused-ring (bicyclic) bond motifs is 1. The van der Waals surface area contributed by atoms with Crippen molar-refractivity contribution in [1.29, 1.82) is 0 Å². The lowest BCUT2D eigenvalue weighted by molar-refractivity contribution is 0.101. The number of aromatic nitrogens is 2. The lowest BCUT2D eigenvalue weighted by atomic mass is 10.1. The van der Waals surface area contributed by atoms with Crippen LogP contribution in [-0.4, -0.2) is 28.3 Å². The van der Waals surface area contributed by atoms with Crippen molar-refractivity contribution in [2.75, 3.05) is 12.1 Å². The first-order chi connectivity index (χ1) is 13.5. The predicted octanol–water partition coefficient (Wildman–Crippen LogP) is 2.42. The van der Waals surface area contributed by atoms with E-state index >= 15 is 0 Å². The van der Waals surface area contributed by atoms with Crippen molar-refractivity contribution >= 4 is 17.4 Å². The van der Waals surface area contributed by atoms with Gasteiger partial charge in [-0.05, 0) is 31.2 Å². The first-order valence-electron chi connectivity index (χ1n) is 8.44. The number of Topliss-reactive ketones (excluding diaryl/α,β-unsaturated/α-hetero) is 1. The molecule has 8 heteroatoms. The van der Waals surface area contributed by atoms with Crippen LogP contribution < -0.4 is 20.3 Å². The van der Waals surface area contributed by atoms with Crippen LogP contribution in [0.2, 0.25) is 0 Å². The maximum atomic E-state index is 12.7. The Morgan fingerprint density at radius 2 is 1.75 bits per heavy atom. The van der Waals surface area contributed by atoms with Crippen LogP contribution in [0.5, 0.6) is 11.5 Å². The van der Waals surface area contributed by atoms with E-state index in [1.807, 2.05) is 6.07 Å². The van der Waals surface area contributed by atoms with Gasteiger partial charge in [-0.15, -0.1) is 0 Å². The maximum absolute atomic E-state index is 12.7. The van der Waals surface area contributed by atoms with E-state index in [0.29, 0.717) is 17.2 Å². The first kappa shape index (κ1) is 17.5. The van der Waals surface area contributed by atoms with Gasteiger partial charge < -0.3 is 14.8 Å². The van der Waals surface area contributed by atoms with Crippen molar-refractivity contribution < 1.29 is 19.1 Å². The molecule has 3 aromatic rings. The molecule has 1 amide bonds. The Labute approximate surface area is 159 Å². The zero-order valence-electron chi connectivity index (χ0n) is 14.8. The third kappa shape index (κ3) is 3.23. The molecule has 2 heterocycles. The van der Waals surface area contributed by atoms with E-state index in [2.05, 4.69) is 10.4 Å². The number of carbonyl (C=O) groups excluding carboxylic acids is 2. The summed E-state index contributed by atoms with van der Waals surface area (Å²) in [5, 5.41) is 6.80. The molecule has 4 rings (SSSR count). The summed E-state index contributed by atoms with van der Waals surface area (Å²) < 4.78 is 11.7. The summed E-state index contributed by atoms with van der Waals surface area (Å²) in [7, 11) is 0. The largest absolute Gasteiger partial charge is 0.454 e. The first-order valence-corrected chi connectivity index (χ1v) is 8.44. The Kier molecular flexibility index (Phi) is 4.36. The molecule has 1 aromatic heterocycles. The predicted molar refractivity (Wildman–Crippen MR) is 100 cm³/mol. The number of benzene rings is 2. The molecule has 1 N–H and O–H groups in total. The molecule has 1 aliphatic heterocycles. The molecule has 28 heavy (non-hydrogen) atoms. The van der Waals surface area contributed by atoms with Gasteiger partial charge in [0.25, 0.3) is 11.5 Å². The van der Waals surface area contributed by atoms with E-state index < -0.39 is 5.91 Å². The van der Waals surface area contributed by atoms with Crippen LogP contribution in [0.4, 0.5) is 5.69 Å². The van der Waals surface area contributed by atoms with Crippen molar-refractivity contribution in [2.24, 2.45) is 0 Å². The fraction of sp³-hybridized carbons (Fsp3) is 0.100. The summed E-state index contributed by atoms with van der Waals surface area (Å²) in [4.78, 5) is 36.8. The third-order valence-electron chi connectivity index (χ3n) is 4.17. The van der Waals surface area contributed by atoms with Crippen LogP contribution in [0.25, 0.3) is 5.69 Å². The molecule has 8 nitrogen and oxygen atoms in total. The molecule has 0 saturated carbocycles. The molecular weight excluding hydrogens is 362 g/mol. The number of nitrogens with one attached hydrogen (secondary N) is 1. The highest BCUT2D eigenvalue weighted by Gasteiger charge is 2.21. The average molecular weight is 377 g/mol. The standard InChI is InChI=1S/C20H15N3O5/c1-12(24)14-9-17-18(28-11-27-17)10-16(14)21-20(26)15-7-8-19(25)23(22-15)13-5-3-2-4-6-13/h2-10H,11H2,1H3,(H,21,26). The summed E-state index contributed by atoms with van der Waals surface area (Å²) in [6, 6.07) is 14.4. The molecule has 0 saturated heterocycles. The van der Waals surface area contributed by atoms with Crippen LogP contribution in [0.15, 0.2) is 59.4 Å². The number of rotatable bonds is 4. The van der Waals surface area contributed by atoms with Crippen molar-refractivity contribution in [2.45, 2.75) is 6.92 Å². The normalized spacial score (nSPS) is 11.9. The smallest absolute Gasteiger partial charge is 0.276 e. The van der Waals surface area contributed by atoms with Gasteiger partial charge in [0.15, 0.2) is 17.3 Å². The molecule has 0 unspecified atom stereocenters. The number of carbonyl (C=O) groups is 2. The van der Waals surface area contributed by atoms with Crippen LogP contribution in [0.1, 0.15) is 27.8 Å².